The van der Waals surface area contributed by atoms with Gasteiger partial charge < -0.3 is 5.32 Å². The third-order valence-electron chi connectivity index (χ3n) is 3.24. The maximum Gasteiger partial charge on any atom is 0.0112 e. The first-order chi connectivity index (χ1) is 7.59. The van der Waals surface area contributed by atoms with Crippen LogP contribution in [-0.2, 0) is 0 Å². The van der Waals surface area contributed by atoms with E-state index < -0.39 is 0 Å². The molecule has 0 radical (unpaired) electrons. The highest BCUT2D eigenvalue weighted by molar-refractivity contribution is 5.85. The minimum absolute atomic E-state index is 0. The van der Waals surface area contributed by atoms with Gasteiger partial charge in [-0.3, -0.25) is 9.80 Å². The number of hydrogen-bond acceptors (Lipinski definition) is 3. The van der Waals surface area contributed by atoms with Crippen molar-refractivity contribution in [1.29, 1.82) is 0 Å². The molecule has 1 fully saturated rings. The molecule has 1 saturated heterocycles. The van der Waals surface area contributed by atoms with E-state index in [9.17, 15) is 0 Å². The van der Waals surface area contributed by atoms with Crippen molar-refractivity contribution in [3.63, 3.8) is 0 Å². The molecule has 0 aromatic heterocycles. The molecule has 18 heavy (non-hydrogen) atoms. The topological polar surface area (TPSA) is 18.5 Å². The van der Waals surface area contributed by atoms with E-state index in [2.05, 4.69) is 42.8 Å². The summed E-state index contributed by atoms with van der Waals surface area (Å²) in [5.41, 5.74) is 0. The molecule has 0 aromatic rings. The highest BCUT2D eigenvalue weighted by Gasteiger charge is 2.14. The fraction of sp³-hybridized carbons (Fsp3) is 1.00. The van der Waals surface area contributed by atoms with Crippen molar-refractivity contribution in [2.45, 2.75) is 33.7 Å². The number of hydrogen-bond donors (Lipinski definition) is 1. The van der Waals surface area contributed by atoms with Crippen molar-refractivity contribution in [2.75, 3.05) is 45.8 Å². The second-order valence-electron chi connectivity index (χ2n) is 5.57. The molecule has 0 saturated carbocycles. The lowest BCUT2D eigenvalue weighted by Crippen LogP contribution is -2.47. The van der Waals surface area contributed by atoms with Gasteiger partial charge in [-0.2, -0.15) is 0 Å². The number of rotatable bonds is 6. The second-order valence-corrected chi connectivity index (χ2v) is 5.57. The zero-order valence-corrected chi connectivity index (χ0v) is 13.9. The predicted molar refractivity (Wildman–Crippen MR) is 85.4 cm³/mol. The zero-order valence-electron chi connectivity index (χ0n) is 12.3. The van der Waals surface area contributed by atoms with Crippen LogP contribution in [0.3, 0.4) is 0 Å². The molecule has 0 spiro atoms. The first kappa shape index (κ1) is 20.8. The Labute approximate surface area is 125 Å². The lowest BCUT2D eigenvalue weighted by atomic mass is 10.2. The summed E-state index contributed by atoms with van der Waals surface area (Å²) in [7, 11) is 0. The Morgan fingerprint density at radius 1 is 1.06 bits per heavy atom. The first-order valence-corrected chi connectivity index (χ1v) is 6.76. The van der Waals surface area contributed by atoms with E-state index in [-0.39, 0.29) is 24.8 Å². The van der Waals surface area contributed by atoms with Crippen LogP contribution in [0, 0.1) is 5.92 Å². The van der Waals surface area contributed by atoms with Crippen LogP contribution in [0.4, 0.5) is 0 Å². The Balaban J connectivity index is 0. The predicted octanol–water partition coefficient (Wildman–Crippen LogP) is 2.10. The van der Waals surface area contributed by atoms with Gasteiger partial charge in [0.05, 0.1) is 0 Å². The van der Waals surface area contributed by atoms with Crippen LogP contribution >= 0.6 is 24.8 Å². The highest BCUT2D eigenvalue weighted by atomic mass is 35.5. The summed E-state index contributed by atoms with van der Waals surface area (Å²) in [6, 6.07) is 0.672. The van der Waals surface area contributed by atoms with Crippen LogP contribution in [0.15, 0.2) is 0 Å². The second kappa shape index (κ2) is 11.3. The molecular weight excluding hydrogens is 269 g/mol. The summed E-state index contributed by atoms with van der Waals surface area (Å²) < 4.78 is 0. The molecule has 0 unspecified atom stereocenters. The Morgan fingerprint density at radius 2 is 1.61 bits per heavy atom. The summed E-state index contributed by atoms with van der Waals surface area (Å²) >= 11 is 0. The Kier molecular flexibility index (Phi) is 13.0. The molecule has 1 heterocycles. The molecular formula is C13H31Cl2N3. The molecule has 1 N–H and O–H groups in total. The third kappa shape index (κ3) is 8.54. The summed E-state index contributed by atoms with van der Waals surface area (Å²) in [5.74, 6) is 0.769. The van der Waals surface area contributed by atoms with Gasteiger partial charge in [-0.1, -0.05) is 13.8 Å². The lowest BCUT2D eigenvalue weighted by molar-refractivity contribution is 0.153. The molecule has 0 bridgehead atoms. The molecule has 0 amide bonds. The fourth-order valence-corrected chi connectivity index (χ4v) is 2.23. The van der Waals surface area contributed by atoms with E-state index in [0.29, 0.717) is 6.04 Å². The summed E-state index contributed by atoms with van der Waals surface area (Å²) in [5, 5.41) is 3.40. The Morgan fingerprint density at radius 3 is 2.06 bits per heavy atom. The highest BCUT2D eigenvalue weighted by Crippen LogP contribution is 2.04. The first-order valence-electron chi connectivity index (χ1n) is 6.76. The van der Waals surface area contributed by atoms with Crippen molar-refractivity contribution in [1.82, 2.24) is 15.1 Å². The van der Waals surface area contributed by atoms with Gasteiger partial charge in [-0.25, -0.2) is 0 Å². The van der Waals surface area contributed by atoms with Crippen LogP contribution in [0.2, 0.25) is 0 Å². The SMILES string of the molecule is CC(C)CN(CCN1CCNCC1)C(C)C.Cl.Cl. The average molecular weight is 300 g/mol. The molecule has 0 aliphatic carbocycles. The van der Waals surface area contributed by atoms with Crippen molar-refractivity contribution in [3.8, 4) is 0 Å². The maximum atomic E-state index is 3.40. The largest absolute Gasteiger partial charge is 0.314 e. The number of piperazine rings is 1. The molecule has 5 heteroatoms. The normalized spacial score (nSPS) is 16.8. The number of nitrogens with one attached hydrogen (secondary N) is 1. The van der Waals surface area contributed by atoms with Crippen LogP contribution in [0.5, 0.6) is 0 Å². The third-order valence-corrected chi connectivity index (χ3v) is 3.24. The van der Waals surface area contributed by atoms with Gasteiger partial charge in [0.2, 0.25) is 0 Å². The quantitative estimate of drug-likeness (QED) is 0.810. The van der Waals surface area contributed by atoms with Gasteiger partial charge in [-0.15, -0.1) is 24.8 Å². The smallest absolute Gasteiger partial charge is 0.0112 e. The molecule has 1 aliphatic heterocycles. The zero-order chi connectivity index (χ0) is 12.0. The Bertz CT molecular complexity index is 183. The van der Waals surface area contributed by atoms with Crippen molar-refractivity contribution in [2.24, 2.45) is 5.92 Å². The van der Waals surface area contributed by atoms with Crippen LogP contribution in [-0.4, -0.2) is 61.7 Å². The van der Waals surface area contributed by atoms with Gasteiger partial charge >= 0.3 is 0 Å². The van der Waals surface area contributed by atoms with Crippen LogP contribution in [0.25, 0.3) is 0 Å². The fourth-order valence-electron chi connectivity index (χ4n) is 2.23. The van der Waals surface area contributed by atoms with Crippen LogP contribution in [0.1, 0.15) is 27.7 Å². The van der Waals surface area contributed by atoms with Gasteiger partial charge in [-0.05, 0) is 19.8 Å². The van der Waals surface area contributed by atoms with Crippen molar-refractivity contribution >= 4 is 24.8 Å². The average Bonchev–Trinajstić information content (AvgIpc) is 2.25. The lowest BCUT2D eigenvalue weighted by Gasteiger charge is -2.33. The van der Waals surface area contributed by atoms with Crippen LogP contribution < -0.4 is 5.32 Å². The standard InChI is InChI=1S/C13H29N3.2ClH/c1-12(2)11-16(13(3)4)10-9-15-7-5-14-6-8-15;;/h12-14H,5-11H2,1-4H3;2*1H. The van der Waals surface area contributed by atoms with Gasteiger partial charge in [0.15, 0.2) is 0 Å². The monoisotopic (exact) mass is 299 g/mol. The Hall–Kier alpha value is 0.460. The van der Waals surface area contributed by atoms with E-state index in [1.807, 2.05) is 0 Å². The minimum Gasteiger partial charge on any atom is -0.314 e. The minimum atomic E-state index is 0. The molecule has 1 rings (SSSR count). The van der Waals surface area contributed by atoms with Gasteiger partial charge in [0.1, 0.15) is 0 Å². The summed E-state index contributed by atoms with van der Waals surface area (Å²) in [4.78, 5) is 5.18. The number of halogens is 2. The van der Waals surface area contributed by atoms with E-state index in [1.54, 1.807) is 0 Å². The van der Waals surface area contributed by atoms with E-state index in [1.165, 1.54) is 32.7 Å². The van der Waals surface area contributed by atoms with E-state index in [0.717, 1.165) is 19.0 Å². The molecule has 112 valence electrons. The molecule has 3 nitrogen and oxygen atoms in total. The summed E-state index contributed by atoms with van der Waals surface area (Å²) in [6.07, 6.45) is 0. The van der Waals surface area contributed by atoms with Gasteiger partial charge in [0, 0.05) is 51.9 Å². The maximum absolute atomic E-state index is 3.40. The van der Waals surface area contributed by atoms with E-state index >= 15 is 0 Å². The van der Waals surface area contributed by atoms with Crippen molar-refractivity contribution < 1.29 is 0 Å². The molecule has 0 atom stereocenters. The van der Waals surface area contributed by atoms with Crippen molar-refractivity contribution in [3.05, 3.63) is 0 Å². The molecule has 1 aliphatic rings. The van der Waals surface area contributed by atoms with Gasteiger partial charge in [0.25, 0.3) is 0 Å². The van der Waals surface area contributed by atoms with E-state index in [4.69, 9.17) is 0 Å². The number of nitrogens with zero attached hydrogens (tertiary/aromatic N) is 2. The summed E-state index contributed by atoms with van der Waals surface area (Å²) in [6.45, 7) is 17.6. The molecule has 0 aromatic carbocycles.